The predicted octanol–water partition coefficient (Wildman–Crippen LogP) is 4.24. The number of amides is 3. The molecule has 2 heterocycles. The second-order valence-electron chi connectivity index (χ2n) is 9.53. The highest BCUT2D eigenvalue weighted by Crippen LogP contribution is 2.44. The number of hydrogen-bond acceptors (Lipinski definition) is 3. The molecule has 6 heteroatoms. The lowest BCUT2D eigenvalue weighted by atomic mass is 9.96. The van der Waals surface area contributed by atoms with Gasteiger partial charge in [-0.15, -0.1) is 0 Å². The fraction of sp³-hybridized carbons (Fsp3) is 0.640. The standard InChI is InChI=1S/C25H35N3O3/c1-3-4-9-18-10-7-12-20(18)26-22(29)14-8-17-27-24(31)19-11-5-6-13-21(19)28-23(30)15-16-25(27,28)2/h5-6,11,13,18,20H,3-4,7-10,12,14-17H2,1-2H3,(H,26,29). The summed E-state index contributed by atoms with van der Waals surface area (Å²) in [5.74, 6) is 0.716. The number of carbonyl (C=O) groups is 3. The van der Waals surface area contributed by atoms with Crippen LogP contribution in [0.25, 0.3) is 0 Å². The van der Waals surface area contributed by atoms with Crippen LogP contribution in [0.15, 0.2) is 24.3 Å². The highest BCUT2D eigenvalue weighted by molar-refractivity contribution is 6.10. The number of rotatable bonds is 8. The van der Waals surface area contributed by atoms with Crippen LogP contribution in [-0.4, -0.2) is 40.9 Å². The minimum absolute atomic E-state index is 0.0418. The summed E-state index contributed by atoms with van der Waals surface area (Å²) in [6, 6.07) is 7.66. The number of para-hydroxylation sites is 1. The Morgan fingerprint density at radius 3 is 2.81 bits per heavy atom. The first-order chi connectivity index (χ1) is 15.0. The van der Waals surface area contributed by atoms with Crippen molar-refractivity contribution in [1.82, 2.24) is 10.2 Å². The molecule has 1 aromatic rings. The molecule has 3 aliphatic rings. The molecule has 0 bridgehead atoms. The van der Waals surface area contributed by atoms with Crippen molar-refractivity contribution in [3.8, 4) is 0 Å². The van der Waals surface area contributed by atoms with Crippen molar-refractivity contribution >= 4 is 23.4 Å². The zero-order chi connectivity index (χ0) is 22.0. The van der Waals surface area contributed by atoms with E-state index < -0.39 is 5.66 Å². The van der Waals surface area contributed by atoms with E-state index in [0.29, 0.717) is 55.4 Å². The molecule has 0 aromatic heterocycles. The van der Waals surface area contributed by atoms with Gasteiger partial charge in [0.05, 0.1) is 11.3 Å². The summed E-state index contributed by atoms with van der Waals surface area (Å²) in [4.78, 5) is 42.1. The number of benzene rings is 1. The summed E-state index contributed by atoms with van der Waals surface area (Å²) in [6.07, 6.45) is 9.19. The van der Waals surface area contributed by atoms with Gasteiger partial charge in [-0.3, -0.25) is 19.3 Å². The SMILES string of the molecule is CCCCC1CCCC1NC(=O)CCCN1C(=O)c2ccccc2N2C(=O)CCC12C. The summed E-state index contributed by atoms with van der Waals surface area (Å²) in [5, 5.41) is 3.26. The van der Waals surface area contributed by atoms with Crippen LogP contribution in [0.3, 0.4) is 0 Å². The Balaban J connectivity index is 1.38. The molecule has 2 fully saturated rings. The van der Waals surface area contributed by atoms with Crippen molar-refractivity contribution in [2.45, 2.75) is 89.8 Å². The lowest BCUT2D eigenvalue weighted by molar-refractivity contribution is -0.122. The first kappa shape index (κ1) is 21.8. The molecule has 1 saturated heterocycles. The lowest BCUT2D eigenvalue weighted by Crippen LogP contribution is -2.62. The van der Waals surface area contributed by atoms with Crippen LogP contribution in [0.1, 0.15) is 88.4 Å². The second-order valence-corrected chi connectivity index (χ2v) is 9.53. The van der Waals surface area contributed by atoms with Crippen LogP contribution >= 0.6 is 0 Å². The Bertz CT molecular complexity index is 854. The Labute approximate surface area is 185 Å². The maximum Gasteiger partial charge on any atom is 0.257 e. The zero-order valence-corrected chi connectivity index (χ0v) is 18.9. The molecule has 0 spiro atoms. The molecule has 3 amide bonds. The highest BCUT2D eigenvalue weighted by Gasteiger charge is 2.52. The number of nitrogens with one attached hydrogen (secondary N) is 1. The second kappa shape index (κ2) is 9.01. The van der Waals surface area contributed by atoms with E-state index >= 15 is 0 Å². The number of anilines is 1. The van der Waals surface area contributed by atoms with E-state index in [1.807, 2.05) is 30.0 Å². The van der Waals surface area contributed by atoms with Gasteiger partial charge in [-0.2, -0.15) is 0 Å². The van der Waals surface area contributed by atoms with Gasteiger partial charge in [-0.1, -0.05) is 38.3 Å². The van der Waals surface area contributed by atoms with E-state index in [9.17, 15) is 14.4 Å². The van der Waals surface area contributed by atoms with Crippen LogP contribution in [0.4, 0.5) is 5.69 Å². The predicted molar refractivity (Wildman–Crippen MR) is 121 cm³/mol. The van der Waals surface area contributed by atoms with Crippen molar-refractivity contribution in [1.29, 1.82) is 0 Å². The van der Waals surface area contributed by atoms with Crippen molar-refractivity contribution < 1.29 is 14.4 Å². The number of unbranched alkanes of at least 4 members (excludes halogenated alkanes) is 1. The largest absolute Gasteiger partial charge is 0.353 e. The summed E-state index contributed by atoms with van der Waals surface area (Å²) in [7, 11) is 0. The topological polar surface area (TPSA) is 69.7 Å². The Kier molecular flexibility index (Phi) is 6.35. The monoisotopic (exact) mass is 425 g/mol. The van der Waals surface area contributed by atoms with E-state index in [1.54, 1.807) is 11.0 Å². The first-order valence-electron chi connectivity index (χ1n) is 12.0. The van der Waals surface area contributed by atoms with Crippen molar-refractivity contribution in [2.24, 2.45) is 5.92 Å². The molecule has 1 aromatic carbocycles. The molecular formula is C25H35N3O3. The van der Waals surface area contributed by atoms with E-state index in [4.69, 9.17) is 0 Å². The average Bonchev–Trinajstić information content (AvgIpc) is 3.32. The lowest BCUT2D eigenvalue weighted by Gasteiger charge is -2.48. The quantitative estimate of drug-likeness (QED) is 0.677. The molecule has 4 rings (SSSR count). The third-order valence-electron chi connectivity index (χ3n) is 7.47. The third kappa shape index (κ3) is 4.09. The highest BCUT2D eigenvalue weighted by atomic mass is 16.2. The summed E-state index contributed by atoms with van der Waals surface area (Å²) in [6.45, 7) is 4.66. The van der Waals surface area contributed by atoms with Crippen LogP contribution in [-0.2, 0) is 9.59 Å². The van der Waals surface area contributed by atoms with E-state index in [1.165, 1.54) is 32.1 Å². The summed E-state index contributed by atoms with van der Waals surface area (Å²) in [5.41, 5.74) is 0.644. The van der Waals surface area contributed by atoms with Crippen LogP contribution in [0, 0.1) is 5.92 Å². The maximum atomic E-state index is 13.3. The molecule has 168 valence electrons. The first-order valence-corrected chi connectivity index (χ1v) is 12.0. The van der Waals surface area contributed by atoms with Crippen LogP contribution < -0.4 is 10.2 Å². The molecule has 6 nitrogen and oxygen atoms in total. The average molecular weight is 426 g/mol. The normalized spacial score (nSPS) is 27.4. The van der Waals surface area contributed by atoms with E-state index in [2.05, 4.69) is 12.2 Å². The smallest absolute Gasteiger partial charge is 0.257 e. The van der Waals surface area contributed by atoms with Crippen molar-refractivity contribution in [3.05, 3.63) is 29.8 Å². The van der Waals surface area contributed by atoms with Crippen molar-refractivity contribution in [3.63, 3.8) is 0 Å². The Morgan fingerprint density at radius 2 is 2.00 bits per heavy atom. The van der Waals surface area contributed by atoms with Gasteiger partial charge >= 0.3 is 0 Å². The maximum absolute atomic E-state index is 13.3. The molecule has 3 atom stereocenters. The molecule has 1 N–H and O–H groups in total. The third-order valence-corrected chi connectivity index (χ3v) is 7.47. The fourth-order valence-electron chi connectivity index (χ4n) is 5.76. The molecule has 2 aliphatic heterocycles. The Hall–Kier alpha value is -2.37. The molecule has 3 unspecified atom stereocenters. The summed E-state index contributed by atoms with van der Waals surface area (Å²) >= 11 is 0. The Morgan fingerprint density at radius 1 is 1.19 bits per heavy atom. The van der Waals surface area contributed by atoms with Gasteiger partial charge in [0.15, 0.2) is 0 Å². The van der Waals surface area contributed by atoms with E-state index in [0.717, 1.165) is 6.42 Å². The summed E-state index contributed by atoms with van der Waals surface area (Å²) < 4.78 is 0. The molecule has 1 saturated carbocycles. The van der Waals surface area contributed by atoms with Crippen LogP contribution in [0.5, 0.6) is 0 Å². The molecule has 0 radical (unpaired) electrons. The molecule has 1 aliphatic carbocycles. The van der Waals surface area contributed by atoms with Gasteiger partial charge in [0, 0.05) is 25.4 Å². The minimum Gasteiger partial charge on any atom is -0.353 e. The zero-order valence-electron chi connectivity index (χ0n) is 18.9. The fourth-order valence-corrected chi connectivity index (χ4v) is 5.76. The van der Waals surface area contributed by atoms with Crippen molar-refractivity contribution in [2.75, 3.05) is 11.4 Å². The number of hydrogen-bond donors (Lipinski definition) is 1. The molecule has 31 heavy (non-hydrogen) atoms. The number of fused-ring (bicyclic) bond motifs is 3. The minimum atomic E-state index is -0.643. The van der Waals surface area contributed by atoms with Crippen LogP contribution in [0.2, 0.25) is 0 Å². The van der Waals surface area contributed by atoms with Gasteiger partial charge < -0.3 is 10.2 Å². The number of carbonyl (C=O) groups excluding carboxylic acids is 3. The number of nitrogens with zero attached hydrogens (tertiary/aromatic N) is 2. The van der Waals surface area contributed by atoms with Gasteiger partial charge in [-0.05, 0) is 57.1 Å². The van der Waals surface area contributed by atoms with Gasteiger partial charge in [0.1, 0.15) is 5.66 Å². The van der Waals surface area contributed by atoms with E-state index in [-0.39, 0.29) is 17.7 Å². The van der Waals surface area contributed by atoms with Gasteiger partial charge in [0.2, 0.25) is 11.8 Å². The molecular weight excluding hydrogens is 390 g/mol. The van der Waals surface area contributed by atoms with Gasteiger partial charge in [-0.25, -0.2) is 0 Å². The van der Waals surface area contributed by atoms with Gasteiger partial charge in [0.25, 0.3) is 5.91 Å².